The van der Waals surface area contributed by atoms with Crippen LogP contribution in [0.25, 0.3) is 0 Å². The van der Waals surface area contributed by atoms with E-state index in [4.69, 9.17) is 32.7 Å². The molecule has 120 valence electrons. The van der Waals surface area contributed by atoms with Crippen LogP contribution >= 0.6 is 23.2 Å². The van der Waals surface area contributed by atoms with Gasteiger partial charge in [0.05, 0.1) is 10.0 Å². The summed E-state index contributed by atoms with van der Waals surface area (Å²) < 4.78 is 11.1. The molecule has 0 saturated carbocycles. The summed E-state index contributed by atoms with van der Waals surface area (Å²) in [7, 11) is 0. The SMILES string of the molecule is O=C(Oc1ccc(Cl)c(Cl)c1)c1ccccc1Oc1ccccc1. The molecule has 0 heterocycles. The maximum atomic E-state index is 12.4. The Labute approximate surface area is 149 Å². The number of carbonyl (C=O) groups is 1. The smallest absolute Gasteiger partial charge is 0.347 e. The second-order valence-corrected chi connectivity index (χ2v) is 5.69. The second kappa shape index (κ2) is 7.39. The van der Waals surface area contributed by atoms with Crippen LogP contribution in [0.3, 0.4) is 0 Å². The lowest BCUT2D eigenvalue weighted by atomic mass is 10.2. The van der Waals surface area contributed by atoms with Gasteiger partial charge in [-0.1, -0.05) is 53.5 Å². The first-order chi connectivity index (χ1) is 11.6. The molecule has 0 radical (unpaired) electrons. The van der Waals surface area contributed by atoms with E-state index in [1.165, 1.54) is 6.07 Å². The van der Waals surface area contributed by atoms with Crippen LogP contribution in [0.1, 0.15) is 10.4 Å². The zero-order chi connectivity index (χ0) is 16.9. The second-order valence-electron chi connectivity index (χ2n) is 4.88. The predicted molar refractivity (Wildman–Crippen MR) is 94.4 cm³/mol. The van der Waals surface area contributed by atoms with Crippen molar-refractivity contribution in [3.63, 3.8) is 0 Å². The van der Waals surface area contributed by atoms with Crippen molar-refractivity contribution in [1.82, 2.24) is 0 Å². The lowest BCUT2D eigenvalue weighted by molar-refractivity contribution is 0.0732. The Balaban J connectivity index is 1.83. The van der Waals surface area contributed by atoms with Gasteiger partial charge in [0.25, 0.3) is 0 Å². The van der Waals surface area contributed by atoms with Gasteiger partial charge in [-0.25, -0.2) is 4.79 Å². The van der Waals surface area contributed by atoms with Crippen molar-refractivity contribution in [1.29, 1.82) is 0 Å². The topological polar surface area (TPSA) is 35.5 Å². The number of halogens is 2. The summed E-state index contributed by atoms with van der Waals surface area (Å²) in [5, 5.41) is 0.708. The molecule has 24 heavy (non-hydrogen) atoms. The van der Waals surface area contributed by atoms with Gasteiger partial charge in [-0.05, 0) is 36.4 Å². The first-order valence-corrected chi connectivity index (χ1v) is 7.88. The number of carbonyl (C=O) groups excluding carboxylic acids is 1. The largest absolute Gasteiger partial charge is 0.456 e. The van der Waals surface area contributed by atoms with Crippen LogP contribution in [0.5, 0.6) is 17.2 Å². The molecule has 3 nitrogen and oxygen atoms in total. The van der Waals surface area contributed by atoms with E-state index in [-0.39, 0.29) is 0 Å². The van der Waals surface area contributed by atoms with E-state index in [1.807, 2.05) is 18.2 Å². The van der Waals surface area contributed by atoms with E-state index in [1.54, 1.807) is 48.5 Å². The van der Waals surface area contributed by atoms with Gasteiger partial charge in [0.2, 0.25) is 0 Å². The maximum Gasteiger partial charge on any atom is 0.347 e. The van der Waals surface area contributed by atoms with E-state index in [9.17, 15) is 4.79 Å². The molecule has 0 saturated heterocycles. The third-order valence-corrected chi connectivity index (χ3v) is 3.92. The molecule has 0 aliphatic carbocycles. The molecule has 0 aliphatic rings. The summed E-state index contributed by atoms with van der Waals surface area (Å²) in [4.78, 5) is 12.4. The van der Waals surface area contributed by atoms with E-state index in [2.05, 4.69) is 0 Å². The third kappa shape index (κ3) is 3.88. The van der Waals surface area contributed by atoms with Crippen molar-refractivity contribution < 1.29 is 14.3 Å². The highest BCUT2D eigenvalue weighted by atomic mass is 35.5. The van der Waals surface area contributed by atoms with Crippen LogP contribution in [0.15, 0.2) is 72.8 Å². The first kappa shape index (κ1) is 16.4. The van der Waals surface area contributed by atoms with E-state index < -0.39 is 5.97 Å². The lowest BCUT2D eigenvalue weighted by Crippen LogP contribution is -2.09. The molecule has 0 amide bonds. The molecule has 0 spiro atoms. The summed E-state index contributed by atoms with van der Waals surface area (Å²) in [6, 6.07) is 20.7. The van der Waals surface area contributed by atoms with Gasteiger partial charge in [0.15, 0.2) is 0 Å². The van der Waals surface area contributed by atoms with Gasteiger partial charge in [0.1, 0.15) is 22.8 Å². The number of para-hydroxylation sites is 2. The molecule has 0 bridgehead atoms. The highest BCUT2D eigenvalue weighted by Crippen LogP contribution is 2.29. The van der Waals surface area contributed by atoms with Gasteiger partial charge in [-0.15, -0.1) is 0 Å². The summed E-state index contributed by atoms with van der Waals surface area (Å²) in [5.74, 6) is 0.810. The highest BCUT2D eigenvalue weighted by molar-refractivity contribution is 6.42. The predicted octanol–water partition coefficient (Wildman–Crippen LogP) is 6.00. The van der Waals surface area contributed by atoms with Crippen LogP contribution in [-0.4, -0.2) is 5.97 Å². The van der Waals surface area contributed by atoms with Gasteiger partial charge in [-0.2, -0.15) is 0 Å². The van der Waals surface area contributed by atoms with E-state index in [0.29, 0.717) is 32.9 Å². The quantitative estimate of drug-likeness (QED) is 0.423. The average molecular weight is 359 g/mol. The Morgan fingerprint density at radius 2 is 1.46 bits per heavy atom. The number of rotatable bonds is 4. The summed E-state index contributed by atoms with van der Waals surface area (Å²) in [6.07, 6.45) is 0. The molecule has 5 heteroatoms. The summed E-state index contributed by atoms with van der Waals surface area (Å²) in [5.41, 5.74) is 0.312. The fourth-order valence-corrected chi connectivity index (χ4v) is 2.33. The van der Waals surface area contributed by atoms with Crippen LogP contribution in [0, 0.1) is 0 Å². The Morgan fingerprint density at radius 3 is 2.21 bits per heavy atom. The normalized spacial score (nSPS) is 10.2. The minimum absolute atomic E-state index is 0.309. The van der Waals surface area contributed by atoms with Crippen LogP contribution < -0.4 is 9.47 Å². The van der Waals surface area contributed by atoms with Gasteiger partial charge in [0, 0.05) is 6.07 Å². The fourth-order valence-electron chi connectivity index (χ4n) is 2.04. The Morgan fingerprint density at radius 1 is 0.750 bits per heavy atom. The van der Waals surface area contributed by atoms with Crippen molar-refractivity contribution in [2.24, 2.45) is 0 Å². The molecule has 0 fully saturated rings. The van der Waals surface area contributed by atoms with Crippen LogP contribution in [0.4, 0.5) is 0 Å². The van der Waals surface area contributed by atoms with Crippen molar-refractivity contribution in [2.45, 2.75) is 0 Å². The Kier molecular flexibility index (Phi) is 5.04. The average Bonchev–Trinajstić information content (AvgIpc) is 2.59. The van der Waals surface area contributed by atoms with Gasteiger partial charge >= 0.3 is 5.97 Å². The molecule has 0 aliphatic heterocycles. The minimum Gasteiger partial charge on any atom is -0.456 e. The highest BCUT2D eigenvalue weighted by Gasteiger charge is 2.15. The molecular formula is C19H12Cl2O3. The molecule has 3 aromatic rings. The molecule has 0 unspecified atom stereocenters. The van der Waals surface area contributed by atoms with E-state index >= 15 is 0 Å². The summed E-state index contributed by atoms with van der Waals surface area (Å²) in [6.45, 7) is 0. The minimum atomic E-state index is -0.542. The monoisotopic (exact) mass is 358 g/mol. The van der Waals surface area contributed by atoms with Gasteiger partial charge < -0.3 is 9.47 Å². The van der Waals surface area contributed by atoms with Crippen molar-refractivity contribution >= 4 is 29.2 Å². The molecule has 3 aromatic carbocycles. The number of esters is 1. The lowest BCUT2D eigenvalue weighted by Gasteiger charge is -2.11. The number of hydrogen-bond acceptors (Lipinski definition) is 3. The molecule has 0 aromatic heterocycles. The molecular weight excluding hydrogens is 347 g/mol. The summed E-state index contributed by atoms with van der Waals surface area (Å²) >= 11 is 11.8. The standard InChI is InChI=1S/C19H12Cl2O3/c20-16-11-10-14(12-17(16)21)24-19(22)15-8-4-5-9-18(15)23-13-6-2-1-3-7-13/h1-12H. The Hall–Kier alpha value is -2.49. The zero-order valence-corrected chi connectivity index (χ0v) is 13.9. The third-order valence-electron chi connectivity index (χ3n) is 3.18. The van der Waals surface area contributed by atoms with Gasteiger partial charge in [-0.3, -0.25) is 0 Å². The van der Waals surface area contributed by atoms with Crippen molar-refractivity contribution in [3.05, 3.63) is 88.4 Å². The first-order valence-electron chi connectivity index (χ1n) is 7.12. The molecule has 0 atom stereocenters. The zero-order valence-electron chi connectivity index (χ0n) is 12.4. The Bertz CT molecular complexity index is 863. The molecule has 3 rings (SSSR count). The molecule has 0 N–H and O–H groups in total. The number of hydrogen-bond donors (Lipinski definition) is 0. The van der Waals surface area contributed by atoms with Crippen LogP contribution in [0.2, 0.25) is 10.0 Å². The van der Waals surface area contributed by atoms with Crippen molar-refractivity contribution in [2.75, 3.05) is 0 Å². The van der Waals surface area contributed by atoms with E-state index in [0.717, 1.165) is 0 Å². The number of ether oxygens (including phenoxy) is 2. The van der Waals surface area contributed by atoms with Crippen LogP contribution in [-0.2, 0) is 0 Å². The fraction of sp³-hybridized carbons (Fsp3) is 0. The van der Waals surface area contributed by atoms with Crippen molar-refractivity contribution in [3.8, 4) is 17.2 Å². The number of benzene rings is 3. The maximum absolute atomic E-state index is 12.4.